The van der Waals surface area contributed by atoms with Gasteiger partial charge in [-0.05, 0) is 115 Å². The van der Waals surface area contributed by atoms with Gasteiger partial charge in [0.05, 0.1) is 0 Å². The molecule has 0 radical (unpaired) electrons. The largest absolute Gasteiger partial charge is 0.335 e. The molecule has 5 rings (SSSR count). The summed E-state index contributed by atoms with van der Waals surface area (Å²) in [4.78, 5) is 20.5. The number of hydrogen-bond donors (Lipinski definition) is 2. The Morgan fingerprint density at radius 3 is 2.14 bits per heavy atom. The molecule has 7 heteroatoms. The molecule has 184 valence electrons. The van der Waals surface area contributed by atoms with Crippen molar-refractivity contribution in [1.82, 2.24) is 20.6 Å². The molecule has 2 aromatic heterocycles. The fraction of sp³-hybridized carbons (Fsp3) is 0.393. The summed E-state index contributed by atoms with van der Waals surface area (Å²) in [7, 11) is 0. The molecule has 2 aliphatic carbocycles. The minimum absolute atomic E-state index is 0.0774. The van der Waals surface area contributed by atoms with Crippen LogP contribution in [0.25, 0.3) is 0 Å². The van der Waals surface area contributed by atoms with Crippen LogP contribution in [0, 0.1) is 25.2 Å². The highest BCUT2D eigenvalue weighted by atomic mass is 79.9. The number of benzene rings is 1. The van der Waals surface area contributed by atoms with E-state index in [0.29, 0.717) is 23.0 Å². The van der Waals surface area contributed by atoms with Crippen LogP contribution in [0.5, 0.6) is 0 Å². The van der Waals surface area contributed by atoms with E-state index in [2.05, 4.69) is 48.7 Å². The van der Waals surface area contributed by atoms with Gasteiger partial charge >= 0.3 is 6.03 Å². The molecule has 2 N–H and O–H groups in total. The lowest BCUT2D eigenvalue weighted by Crippen LogP contribution is -2.57. The van der Waals surface area contributed by atoms with Gasteiger partial charge in [0, 0.05) is 45.9 Å². The highest BCUT2D eigenvalue weighted by Crippen LogP contribution is 2.59. The smallest absolute Gasteiger partial charge is 0.315 e. The number of urea groups is 1. The molecular formula is C28H32BrClN4O. The van der Waals surface area contributed by atoms with E-state index in [4.69, 9.17) is 11.6 Å². The van der Waals surface area contributed by atoms with E-state index in [9.17, 15) is 4.79 Å². The Hall–Kier alpha value is -2.44. The Morgan fingerprint density at radius 2 is 1.57 bits per heavy atom. The second-order valence-corrected chi connectivity index (χ2v) is 11.3. The number of rotatable bonds is 5. The Kier molecular flexibility index (Phi) is 8.45. The molecule has 2 saturated carbocycles. The van der Waals surface area contributed by atoms with Crippen LogP contribution in [-0.4, -0.2) is 22.0 Å². The SMILES string of the molecule is Cc1ccc(Br)cn1.Cc1ccc(CC2CC3(C2)CC(NC(=O)NCc2ccc(Cl)cc2)C3)cn1. The van der Waals surface area contributed by atoms with E-state index in [1.807, 2.05) is 56.4 Å². The van der Waals surface area contributed by atoms with Gasteiger partial charge in [-0.25, -0.2) is 4.79 Å². The second-order valence-electron chi connectivity index (χ2n) is 9.96. The quantitative estimate of drug-likeness (QED) is 0.364. The molecule has 1 aromatic carbocycles. The molecule has 0 atom stereocenters. The van der Waals surface area contributed by atoms with E-state index >= 15 is 0 Å². The Bertz CT molecular complexity index is 1080. The van der Waals surface area contributed by atoms with E-state index in [1.165, 1.54) is 18.4 Å². The molecule has 2 heterocycles. The number of carbonyl (C=O) groups excluding carboxylic acids is 1. The van der Waals surface area contributed by atoms with Gasteiger partial charge in [-0.2, -0.15) is 0 Å². The van der Waals surface area contributed by atoms with Gasteiger partial charge in [-0.3, -0.25) is 9.97 Å². The van der Waals surface area contributed by atoms with Crippen molar-refractivity contribution in [2.45, 2.75) is 58.5 Å². The van der Waals surface area contributed by atoms with Crippen molar-refractivity contribution in [2.75, 3.05) is 0 Å². The molecule has 35 heavy (non-hydrogen) atoms. The predicted octanol–water partition coefficient (Wildman–Crippen LogP) is 6.80. The number of hydrogen-bond acceptors (Lipinski definition) is 3. The highest BCUT2D eigenvalue weighted by Gasteiger charge is 2.52. The topological polar surface area (TPSA) is 66.9 Å². The zero-order valence-corrected chi connectivity index (χ0v) is 22.6. The molecule has 0 aliphatic heterocycles. The molecule has 5 nitrogen and oxygen atoms in total. The van der Waals surface area contributed by atoms with Gasteiger partial charge in [-0.15, -0.1) is 0 Å². The number of halogens is 2. The first kappa shape index (κ1) is 25.6. The van der Waals surface area contributed by atoms with Gasteiger partial charge < -0.3 is 10.6 Å². The molecule has 0 saturated heterocycles. The molecular weight excluding hydrogens is 524 g/mol. The maximum Gasteiger partial charge on any atom is 0.315 e. The third kappa shape index (κ3) is 7.52. The van der Waals surface area contributed by atoms with Crippen molar-refractivity contribution >= 4 is 33.6 Å². The second kappa shape index (κ2) is 11.5. The summed E-state index contributed by atoms with van der Waals surface area (Å²) in [5, 5.41) is 6.74. The van der Waals surface area contributed by atoms with E-state index in [1.54, 1.807) is 6.20 Å². The first-order valence-corrected chi connectivity index (χ1v) is 13.2. The average molecular weight is 556 g/mol. The Labute approximate surface area is 221 Å². The fourth-order valence-corrected chi connectivity index (χ4v) is 5.51. The van der Waals surface area contributed by atoms with Gasteiger partial charge in [0.1, 0.15) is 0 Å². The lowest BCUT2D eigenvalue weighted by atomic mass is 9.49. The molecule has 0 unspecified atom stereocenters. The van der Waals surface area contributed by atoms with Crippen LogP contribution >= 0.6 is 27.5 Å². The summed E-state index contributed by atoms with van der Waals surface area (Å²) >= 11 is 9.16. The number of aryl methyl sites for hydroxylation is 2. The van der Waals surface area contributed by atoms with Crippen molar-refractivity contribution in [3.05, 3.63) is 92.9 Å². The van der Waals surface area contributed by atoms with Crippen LogP contribution in [-0.2, 0) is 13.0 Å². The minimum Gasteiger partial charge on any atom is -0.335 e. The number of aromatic nitrogens is 2. The van der Waals surface area contributed by atoms with Crippen LogP contribution in [0.2, 0.25) is 5.02 Å². The van der Waals surface area contributed by atoms with Crippen LogP contribution in [0.4, 0.5) is 4.79 Å². The molecule has 3 aromatic rings. The predicted molar refractivity (Wildman–Crippen MR) is 144 cm³/mol. The first-order chi connectivity index (χ1) is 16.8. The van der Waals surface area contributed by atoms with Crippen LogP contribution in [0.1, 0.15) is 48.2 Å². The van der Waals surface area contributed by atoms with Crippen LogP contribution < -0.4 is 10.6 Å². The van der Waals surface area contributed by atoms with Crippen molar-refractivity contribution < 1.29 is 4.79 Å². The summed E-state index contributed by atoms with van der Waals surface area (Å²) in [5.74, 6) is 0.772. The summed E-state index contributed by atoms with van der Waals surface area (Å²) in [6.07, 6.45) is 9.73. The normalized spacial score (nSPS) is 22.3. The Morgan fingerprint density at radius 1 is 0.943 bits per heavy atom. The maximum absolute atomic E-state index is 12.1. The maximum atomic E-state index is 12.1. The third-order valence-corrected chi connectivity index (χ3v) is 7.60. The van der Waals surface area contributed by atoms with Crippen molar-refractivity contribution in [3.8, 4) is 0 Å². The van der Waals surface area contributed by atoms with E-state index in [0.717, 1.165) is 46.6 Å². The van der Waals surface area contributed by atoms with Crippen LogP contribution in [0.15, 0.2) is 65.4 Å². The van der Waals surface area contributed by atoms with Crippen LogP contribution in [0.3, 0.4) is 0 Å². The number of carbonyl (C=O) groups is 1. The van der Waals surface area contributed by atoms with Gasteiger partial charge in [0.2, 0.25) is 0 Å². The molecule has 0 bridgehead atoms. The number of nitrogens with zero attached hydrogens (tertiary/aromatic N) is 2. The van der Waals surface area contributed by atoms with Gasteiger partial charge in [-0.1, -0.05) is 29.8 Å². The summed E-state index contributed by atoms with van der Waals surface area (Å²) < 4.78 is 1.03. The van der Waals surface area contributed by atoms with E-state index in [-0.39, 0.29) is 6.03 Å². The molecule has 2 fully saturated rings. The van der Waals surface area contributed by atoms with Gasteiger partial charge in [0.15, 0.2) is 0 Å². The fourth-order valence-electron chi connectivity index (χ4n) is 5.15. The molecule has 2 amide bonds. The third-order valence-electron chi connectivity index (χ3n) is 6.88. The highest BCUT2D eigenvalue weighted by molar-refractivity contribution is 9.10. The number of nitrogens with one attached hydrogen (secondary N) is 2. The first-order valence-electron chi connectivity index (χ1n) is 12.1. The number of pyridine rings is 2. The lowest BCUT2D eigenvalue weighted by Gasteiger charge is -2.58. The Balaban J connectivity index is 0.000000308. The standard InChI is InChI=1S/C22H26ClN3O.C6H6BrN/c1-15-2-3-17(14-24-15)8-18-9-22(10-18)11-20(12-22)26-21(27)25-13-16-4-6-19(23)7-5-16;1-5-2-3-6(7)4-8-5/h2-7,14,18,20H,8-13H2,1H3,(H2,25,26,27);2-4H,1H3. The van der Waals surface area contributed by atoms with E-state index < -0.39 is 0 Å². The molecule has 2 aliphatic rings. The van der Waals surface area contributed by atoms with Crippen molar-refractivity contribution in [2.24, 2.45) is 11.3 Å². The average Bonchev–Trinajstić information content (AvgIpc) is 2.79. The van der Waals surface area contributed by atoms with Crippen molar-refractivity contribution in [1.29, 1.82) is 0 Å². The lowest BCUT2D eigenvalue weighted by molar-refractivity contribution is -0.0454. The van der Waals surface area contributed by atoms with Crippen molar-refractivity contribution in [3.63, 3.8) is 0 Å². The summed E-state index contributed by atoms with van der Waals surface area (Å²) in [5.41, 5.74) is 5.00. The molecule has 1 spiro atoms. The zero-order valence-electron chi connectivity index (χ0n) is 20.2. The monoisotopic (exact) mass is 554 g/mol. The summed E-state index contributed by atoms with van der Waals surface area (Å²) in [6.45, 7) is 4.51. The summed E-state index contributed by atoms with van der Waals surface area (Å²) in [6, 6.07) is 16.0. The van der Waals surface area contributed by atoms with Gasteiger partial charge in [0.25, 0.3) is 0 Å². The minimum atomic E-state index is -0.0774. The zero-order chi connectivity index (χ0) is 24.8. The number of amides is 2.